The third kappa shape index (κ3) is 6.97. The van der Waals surface area contributed by atoms with Gasteiger partial charge < -0.3 is 19.7 Å². The highest BCUT2D eigenvalue weighted by molar-refractivity contribution is 6.35. The minimum Gasteiger partial charge on any atom is -0.466 e. The molecule has 1 aromatic carbocycles. The number of nitrogens with one attached hydrogen (secondary N) is 1. The summed E-state index contributed by atoms with van der Waals surface area (Å²) in [5.74, 6) is 2.59. The molecule has 2 atom stereocenters. The Morgan fingerprint density at radius 1 is 0.976 bits per heavy atom. The number of benzene rings is 1. The summed E-state index contributed by atoms with van der Waals surface area (Å²) < 4.78 is 11.5. The van der Waals surface area contributed by atoms with E-state index in [-0.39, 0.29) is 11.9 Å². The average Bonchev–Trinajstić information content (AvgIpc) is 3.75. The van der Waals surface area contributed by atoms with Crippen LogP contribution in [0.25, 0.3) is 11.3 Å². The summed E-state index contributed by atoms with van der Waals surface area (Å²) in [6.45, 7) is 8.62. The van der Waals surface area contributed by atoms with Gasteiger partial charge in [-0.1, -0.05) is 23.2 Å². The first-order valence-corrected chi connectivity index (χ1v) is 15.5. The summed E-state index contributed by atoms with van der Waals surface area (Å²) >= 11 is 12.7. The minimum atomic E-state index is -0.0258. The molecule has 1 aliphatic carbocycles. The topological polar surface area (TPSA) is 92.7 Å². The second kappa shape index (κ2) is 13.1. The predicted octanol–water partition coefficient (Wildman–Crippen LogP) is 5.46. The molecule has 3 aliphatic rings. The number of hydrogen-bond donors (Lipinski definition) is 1. The standard InChI is InChI=1S/C31H36Cl2N6O3/c1-2-41-30(40)29-25-4-9-38(10-5-26(25)29)19-20-12-27(21-14-22(32)16-23(33)15-21)37-28(13-20)42-24-17-35-31(36-18-24)39-8-3-6-34-7-11-39/h12-18,25-26,29,34H,2-11,19H2,1H3. The van der Waals surface area contributed by atoms with Gasteiger partial charge in [-0.05, 0) is 87.5 Å². The van der Waals surface area contributed by atoms with Crippen molar-refractivity contribution < 1.29 is 14.3 Å². The quantitative estimate of drug-likeness (QED) is 0.334. The molecule has 2 aliphatic heterocycles. The van der Waals surface area contributed by atoms with Gasteiger partial charge in [0.15, 0.2) is 5.75 Å². The number of fused-ring (bicyclic) bond motifs is 1. The zero-order valence-electron chi connectivity index (χ0n) is 23.8. The lowest BCUT2D eigenvalue weighted by Gasteiger charge is -2.22. The molecule has 0 spiro atoms. The van der Waals surface area contributed by atoms with E-state index in [2.05, 4.69) is 31.2 Å². The van der Waals surface area contributed by atoms with Crippen LogP contribution in [0, 0.1) is 17.8 Å². The molecule has 2 saturated heterocycles. The largest absolute Gasteiger partial charge is 0.466 e. The molecule has 0 bridgehead atoms. The number of nitrogens with zero attached hydrogens (tertiary/aromatic N) is 5. The molecule has 4 heterocycles. The van der Waals surface area contributed by atoms with E-state index in [0.29, 0.717) is 46.1 Å². The lowest BCUT2D eigenvalue weighted by molar-refractivity contribution is -0.145. The number of halogens is 2. The number of ether oxygens (including phenoxy) is 2. The van der Waals surface area contributed by atoms with Gasteiger partial charge in [0, 0.05) is 47.9 Å². The van der Waals surface area contributed by atoms with Gasteiger partial charge in [-0.25, -0.2) is 15.0 Å². The fourth-order valence-corrected chi connectivity index (χ4v) is 6.78. The van der Waals surface area contributed by atoms with Crippen molar-refractivity contribution in [3.8, 4) is 22.9 Å². The van der Waals surface area contributed by atoms with Gasteiger partial charge in [-0.3, -0.25) is 9.69 Å². The van der Waals surface area contributed by atoms with E-state index < -0.39 is 0 Å². The van der Waals surface area contributed by atoms with Crippen molar-refractivity contribution in [2.45, 2.75) is 32.7 Å². The molecule has 1 saturated carbocycles. The van der Waals surface area contributed by atoms with E-state index in [4.69, 9.17) is 37.7 Å². The zero-order chi connectivity index (χ0) is 29.1. The second-order valence-electron chi connectivity index (χ2n) is 11.2. The van der Waals surface area contributed by atoms with Crippen LogP contribution in [-0.4, -0.2) is 71.7 Å². The van der Waals surface area contributed by atoms with E-state index in [1.807, 2.05) is 25.1 Å². The summed E-state index contributed by atoms with van der Waals surface area (Å²) in [4.78, 5) is 30.9. The summed E-state index contributed by atoms with van der Waals surface area (Å²) in [6, 6.07) is 9.45. The van der Waals surface area contributed by atoms with Crippen LogP contribution in [0.3, 0.4) is 0 Å². The maximum atomic E-state index is 12.3. The van der Waals surface area contributed by atoms with Crippen LogP contribution in [-0.2, 0) is 16.1 Å². The molecule has 9 nitrogen and oxygen atoms in total. The van der Waals surface area contributed by atoms with Crippen LogP contribution in [0.1, 0.15) is 31.7 Å². The van der Waals surface area contributed by atoms with E-state index in [9.17, 15) is 4.79 Å². The number of likely N-dealkylation sites (tertiary alicyclic amines) is 1. The molecule has 2 aromatic heterocycles. The number of carbonyl (C=O) groups excluding carboxylic acids is 1. The van der Waals surface area contributed by atoms with Crippen molar-refractivity contribution in [1.82, 2.24) is 25.2 Å². The van der Waals surface area contributed by atoms with Crippen LogP contribution in [0.4, 0.5) is 5.95 Å². The highest BCUT2D eigenvalue weighted by Gasteiger charge is 2.55. The number of pyridine rings is 1. The normalized spacial score (nSPS) is 22.5. The first-order chi connectivity index (χ1) is 20.5. The lowest BCUT2D eigenvalue weighted by Crippen LogP contribution is -2.29. The maximum absolute atomic E-state index is 12.3. The molecule has 3 aromatic rings. The Labute approximate surface area is 256 Å². The molecule has 2 unspecified atom stereocenters. The van der Waals surface area contributed by atoms with Crippen LogP contribution >= 0.6 is 23.2 Å². The lowest BCUT2D eigenvalue weighted by atomic mass is 10.1. The minimum absolute atomic E-state index is 0.0258. The smallest absolute Gasteiger partial charge is 0.309 e. The monoisotopic (exact) mass is 610 g/mol. The molecule has 11 heteroatoms. The molecule has 0 amide bonds. The average molecular weight is 612 g/mol. The fraction of sp³-hybridized carbons (Fsp3) is 0.484. The van der Waals surface area contributed by atoms with Gasteiger partial charge in [-0.15, -0.1) is 0 Å². The van der Waals surface area contributed by atoms with E-state index in [0.717, 1.165) is 81.9 Å². The Balaban J connectivity index is 1.19. The van der Waals surface area contributed by atoms with Crippen LogP contribution < -0.4 is 15.0 Å². The SMILES string of the molecule is CCOC(=O)C1C2CCN(Cc3cc(Oc4cnc(N5CCCNCC5)nc4)nc(-c4cc(Cl)cc(Cl)c4)c3)CCC21. The van der Waals surface area contributed by atoms with Gasteiger partial charge in [0.1, 0.15) is 0 Å². The molecule has 6 rings (SSSR count). The van der Waals surface area contributed by atoms with Gasteiger partial charge in [0.2, 0.25) is 11.8 Å². The van der Waals surface area contributed by atoms with Crippen molar-refractivity contribution in [2.24, 2.45) is 17.8 Å². The second-order valence-corrected chi connectivity index (χ2v) is 12.1. The van der Waals surface area contributed by atoms with E-state index >= 15 is 0 Å². The maximum Gasteiger partial charge on any atom is 0.309 e. The van der Waals surface area contributed by atoms with Gasteiger partial charge in [0.25, 0.3) is 0 Å². The van der Waals surface area contributed by atoms with E-state index in [1.165, 1.54) is 0 Å². The third-order valence-electron chi connectivity index (χ3n) is 8.33. The molecule has 0 radical (unpaired) electrons. The Kier molecular flexibility index (Phi) is 9.09. The molecular formula is C31H36Cl2N6O3. The first-order valence-electron chi connectivity index (χ1n) is 14.8. The van der Waals surface area contributed by atoms with Gasteiger partial charge in [-0.2, -0.15) is 0 Å². The van der Waals surface area contributed by atoms with Crippen molar-refractivity contribution in [3.05, 3.63) is 58.3 Å². The number of esters is 1. The van der Waals surface area contributed by atoms with Crippen LogP contribution in [0.5, 0.6) is 11.6 Å². The predicted molar refractivity (Wildman–Crippen MR) is 163 cm³/mol. The highest BCUT2D eigenvalue weighted by atomic mass is 35.5. The molecular weight excluding hydrogens is 575 g/mol. The Bertz CT molecular complexity index is 1370. The summed E-state index contributed by atoms with van der Waals surface area (Å²) in [5.41, 5.74) is 2.61. The van der Waals surface area contributed by atoms with Gasteiger partial charge >= 0.3 is 5.97 Å². The summed E-state index contributed by atoms with van der Waals surface area (Å²) in [5, 5.41) is 4.49. The fourth-order valence-electron chi connectivity index (χ4n) is 6.26. The molecule has 3 fully saturated rings. The Hall–Kier alpha value is -2.98. The third-order valence-corrected chi connectivity index (χ3v) is 8.77. The molecule has 1 N–H and O–H groups in total. The van der Waals surface area contributed by atoms with Gasteiger partial charge in [0.05, 0.1) is 30.6 Å². The van der Waals surface area contributed by atoms with Crippen molar-refractivity contribution in [1.29, 1.82) is 0 Å². The zero-order valence-corrected chi connectivity index (χ0v) is 25.3. The molecule has 222 valence electrons. The number of rotatable bonds is 8. The van der Waals surface area contributed by atoms with Crippen LogP contribution in [0.15, 0.2) is 42.7 Å². The molecule has 42 heavy (non-hydrogen) atoms. The van der Waals surface area contributed by atoms with Crippen LogP contribution in [0.2, 0.25) is 10.0 Å². The first kappa shape index (κ1) is 29.1. The number of hydrogen-bond acceptors (Lipinski definition) is 9. The summed E-state index contributed by atoms with van der Waals surface area (Å²) in [6.07, 6.45) is 6.45. The Morgan fingerprint density at radius 2 is 1.71 bits per heavy atom. The van der Waals surface area contributed by atoms with Crippen molar-refractivity contribution in [2.75, 3.05) is 50.8 Å². The van der Waals surface area contributed by atoms with Crippen molar-refractivity contribution >= 4 is 35.1 Å². The number of carbonyl (C=O) groups is 1. The Morgan fingerprint density at radius 3 is 2.43 bits per heavy atom. The summed E-state index contributed by atoms with van der Waals surface area (Å²) in [7, 11) is 0. The number of anilines is 1. The highest BCUT2D eigenvalue weighted by Crippen LogP contribution is 2.53. The van der Waals surface area contributed by atoms with Crippen molar-refractivity contribution in [3.63, 3.8) is 0 Å². The van der Waals surface area contributed by atoms with E-state index in [1.54, 1.807) is 18.5 Å². The number of aromatic nitrogens is 3.